The Kier molecular flexibility index (Phi) is 10.7. The van der Waals surface area contributed by atoms with Gasteiger partial charge in [0.2, 0.25) is 0 Å². The Labute approximate surface area is 331 Å². The van der Waals surface area contributed by atoms with Crippen LogP contribution in [0.15, 0.2) is 83.9 Å². The molecule has 0 heterocycles. The number of allylic oxidation sites excluding steroid dienone is 2. The second-order valence-electron chi connectivity index (χ2n) is 19.8. The van der Waals surface area contributed by atoms with E-state index in [1.165, 1.54) is 66.8 Å². The van der Waals surface area contributed by atoms with Crippen LogP contribution in [0.25, 0.3) is 12.2 Å². The Hall–Kier alpha value is -2.94. The molecule has 2 aliphatic carbocycles. The second kappa shape index (κ2) is 14.2. The molecule has 287 valence electrons. The zero-order valence-electron chi connectivity index (χ0n) is 36.3. The van der Waals surface area contributed by atoms with Crippen LogP contribution in [-0.2, 0) is 29.7 Å². The summed E-state index contributed by atoms with van der Waals surface area (Å²) in [4.78, 5) is 0. The van der Waals surface area contributed by atoms with Crippen LogP contribution < -0.4 is 5.63 Å². The summed E-state index contributed by atoms with van der Waals surface area (Å²) in [5.41, 5.74) is 15.9. The number of fused-ring (bicyclic) bond motifs is 2. The van der Waals surface area contributed by atoms with E-state index in [2.05, 4.69) is 195 Å². The molecule has 4 aromatic rings. The van der Waals surface area contributed by atoms with Crippen molar-refractivity contribution >= 4 is 18.1 Å². The van der Waals surface area contributed by atoms with E-state index in [1.54, 1.807) is 0 Å². The molecule has 0 N–H and O–H groups in total. The van der Waals surface area contributed by atoms with Crippen LogP contribution in [0.3, 0.4) is 0 Å². The van der Waals surface area contributed by atoms with Crippen LogP contribution in [0.5, 0.6) is 11.5 Å². The maximum atomic E-state index is 8.66. The molecule has 54 heavy (non-hydrogen) atoms. The Morgan fingerprint density at radius 1 is 0.556 bits per heavy atom. The number of hydrogen-bond acceptors (Lipinski definition) is 2. The van der Waals surface area contributed by atoms with Crippen molar-refractivity contribution in [3.05, 3.63) is 140 Å². The van der Waals surface area contributed by atoms with Crippen molar-refractivity contribution in [2.24, 2.45) is 0 Å². The van der Waals surface area contributed by atoms with Gasteiger partial charge >= 0.3 is 334 Å². The molecule has 0 aliphatic heterocycles. The number of hydrogen-bond donors (Lipinski definition) is 0. The first kappa shape index (κ1) is 40.7. The molecule has 2 nitrogen and oxygen atoms in total. The van der Waals surface area contributed by atoms with E-state index in [9.17, 15) is 0 Å². The van der Waals surface area contributed by atoms with Crippen LogP contribution in [-0.4, -0.2) is 5.92 Å². The Morgan fingerprint density at radius 3 is 1.24 bits per heavy atom. The summed E-state index contributed by atoms with van der Waals surface area (Å²) < 4.78 is 17.4. The Morgan fingerprint density at radius 2 is 0.926 bits per heavy atom. The topological polar surface area (TPSA) is 18.5 Å². The summed E-state index contributed by atoms with van der Waals surface area (Å²) in [6, 6.07) is 28.0. The molecular formula is C50H67O2SiZr. The third kappa shape index (κ3) is 6.60. The van der Waals surface area contributed by atoms with Gasteiger partial charge in [0.15, 0.2) is 0 Å². The summed E-state index contributed by atoms with van der Waals surface area (Å²) in [5.74, 6) is 0.846. The third-order valence-electron chi connectivity index (χ3n) is 12.7. The van der Waals surface area contributed by atoms with Gasteiger partial charge < -0.3 is 0 Å². The van der Waals surface area contributed by atoms with Gasteiger partial charge in [-0.25, -0.2) is 0 Å². The van der Waals surface area contributed by atoms with Crippen LogP contribution in [0.1, 0.15) is 158 Å². The fraction of sp³-hybridized carbons (Fsp3) is 0.440. The van der Waals surface area contributed by atoms with Crippen molar-refractivity contribution < 1.29 is 24.4 Å². The van der Waals surface area contributed by atoms with Gasteiger partial charge in [0.05, 0.1) is 0 Å². The van der Waals surface area contributed by atoms with Gasteiger partial charge in [-0.15, -0.1) is 0 Å². The van der Waals surface area contributed by atoms with Crippen molar-refractivity contribution in [3.63, 3.8) is 0 Å². The standard InChI is InChI=1S/2C13H15.2C11H16O.C2H7Si.Zr/c2*1-9(2)12-6-4-5-11-7-10(3)8-13(11)12;2*1-8-5-6-10(12)9(7-8)11(2,3)4;1-3-2;/h2*4-9H,1-3H3;2*5-7,12H,1-4H3;3H,1-2H3;/q;;;;;+2/p-2. The van der Waals surface area contributed by atoms with Crippen molar-refractivity contribution in [2.75, 3.05) is 0 Å². The van der Waals surface area contributed by atoms with Gasteiger partial charge in [-0.2, -0.15) is 0 Å². The van der Waals surface area contributed by atoms with E-state index in [-0.39, 0.29) is 18.1 Å². The van der Waals surface area contributed by atoms with Crippen molar-refractivity contribution in [2.45, 2.75) is 140 Å². The minimum absolute atomic E-state index is 0.0251. The summed E-state index contributed by atoms with van der Waals surface area (Å²) >= 11 is -5.60. The third-order valence-corrected chi connectivity index (χ3v) is 49.7. The quantitative estimate of drug-likeness (QED) is 0.157. The minimum atomic E-state index is -5.60. The average Bonchev–Trinajstić information content (AvgIpc) is 3.61. The first-order valence-corrected chi connectivity index (χ1v) is 32.5. The molecule has 4 aromatic carbocycles. The van der Waals surface area contributed by atoms with Crippen molar-refractivity contribution in [3.8, 4) is 11.5 Å². The van der Waals surface area contributed by atoms with Crippen LogP contribution >= 0.6 is 0 Å². The molecule has 0 spiro atoms. The van der Waals surface area contributed by atoms with Gasteiger partial charge in [-0.1, -0.05) is 0 Å². The summed E-state index contributed by atoms with van der Waals surface area (Å²) in [7, 11) is 0. The predicted molar refractivity (Wildman–Crippen MR) is 234 cm³/mol. The number of benzene rings is 4. The van der Waals surface area contributed by atoms with Crippen molar-refractivity contribution in [1.29, 1.82) is 0 Å². The van der Waals surface area contributed by atoms with Gasteiger partial charge in [-0.05, 0) is 0 Å². The van der Waals surface area contributed by atoms with Gasteiger partial charge in [0, 0.05) is 0 Å². The molecule has 2 aliphatic rings. The van der Waals surface area contributed by atoms with Gasteiger partial charge in [-0.3, -0.25) is 0 Å². The zero-order valence-corrected chi connectivity index (χ0v) is 39.9. The van der Waals surface area contributed by atoms with Crippen LogP contribution in [0.4, 0.5) is 0 Å². The first-order chi connectivity index (χ1) is 25.1. The van der Waals surface area contributed by atoms with Crippen LogP contribution in [0, 0.1) is 13.8 Å². The van der Waals surface area contributed by atoms with Crippen LogP contribution in [0.2, 0.25) is 13.1 Å². The normalized spacial score (nSPS) is 18.0. The van der Waals surface area contributed by atoms with E-state index in [4.69, 9.17) is 5.63 Å². The Balaban J connectivity index is 1.87. The fourth-order valence-electron chi connectivity index (χ4n) is 10.1. The maximum absolute atomic E-state index is 8.66. The van der Waals surface area contributed by atoms with Gasteiger partial charge in [0.1, 0.15) is 0 Å². The molecule has 4 heteroatoms. The number of rotatable bonds is 9. The molecule has 0 fully saturated rings. The summed E-state index contributed by atoms with van der Waals surface area (Å²) in [6.45, 7) is 37.7. The molecule has 0 saturated carbocycles. The van der Waals surface area contributed by atoms with Crippen molar-refractivity contribution in [1.82, 2.24) is 0 Å². The van der Waals surface area contributed by atoms with E-state index in [1.807, 2.05) is 0 Å². The molecule has 0 aromatic heterocycles. The molecule has 0 bridgehead atoms. The Bertz CT molecular complexity index is 2000. The first-order valence-electron chi connectivity index (χ1n) is 20.5. The second-order valence-corrected chi connectivity index (χ2v) is 47.5. The summed E-state index contributed by atoms with van der Waals surface area (Å²) in [6.07, 6.45) is 5.04. The molecule has 2 atom stereocenters. The fourth-order valence-corrected chi connectivity index (χ4v) is 46.3. The number of aryl methyl sites for hydroxylation is 2. The molecule has 2 unspecified atom stereocenters. The van der Waals surface area contributed by atoms with E-state index < -0.39 is 24.7 Å². The van der Waals surface area contributed by atoms with E-state index in [0.717, 1.165) is 11.5 Å². The molecule has 0 amide bonds. The molecule has 0 radical (unpaired) electrons. The molecule has 0 saturated heterocycles. The molecular weight excluding hydrogens is 752 g/mol. The average molecular weight is 819 g/mol. The molecule has 6 rings (SSSR count). The summed E-state index contributed by atoms with van der Waals surface area (Å²) in [5, 5.41) is 0. The van der Waals surface area contributed by atoms with E-state index >= 15 is 0 Å². The monoisotopic (exact) mass is 817 g/mol. The predicted octanol–water partition coefficient (Wildman–Crippen LogP) is 14.4. The SMILES string of the molecule is CC1=Cc2c(C(C)C)cccc2[CH]1[Zr]([O]c1ccc(C)cc1C(C)(C)C)([O]c1ccc(C)cc1C(C)(C)C)([CH]1C(C)=Cc2c(C(C)C)cccc21)[SiH](C)C. The zero-order chi connectivity index (χ0) is 39.7. The van der Waals surface area contributed by atoms with Gasteiger partial charge in [0.25, 0.3) is 0 Å². The van der Waals surface area contributed by atoms with E-state index in [0.29, 0.717) is 11.8 Å².